The van der Waals surface area contributed by atoms with Crippen molar-refractivity contribution in [1.29, 1.82) is 0 Å². The molecule has 2 aliphatic rings. The molecule has 33 heavy (non-hydrogen) atoms. The van der Waals surface area contributed by atoms with E-state index >= 15 is 0 Å². The van der Waals surface area contributed by atoms with Crippen LogP contribution in [-0.2, 0) is 4.79 Å². The number of methoxy groups -OCH3 is 1. The average Bonchev–Trinajstić information content (AvgIpc) is 3.59. The fourth-order valence-electron chi connectivity index (χ4n) is 3.98. The molecule has 176 valence electrons. The summed E-state index contributed by atoms with van der Waals surface area (Å²) in [6, 6.07) is 6.22. The molecule has 2 fully saturated rings. The van der Waals surface area contributed by atoms with Gasteiger partial charge in [-0.05, 0) is 36.5 Å². The molecule has 2 aromatic rings. The standard InChI is InChI=1S/C25H33N5O3/c1-17(2)26-9-4-5-24(31)29-15-21(16-29)30(14-18-6-7-18)22-11-20(13-28-25(22)32)19-8-10-27-23(12-19)33-3/h4-5,8,10-13,17-18,21,26H,6-7,9,14-16H2,1-3H3,(H,28,32). The van der Waals surface area contributed by atoms with Crippen LogP contribution in [0.3, 0.4) is 0 Å². The normalized spacial score (nSPS) is 16.3. The molecule has 0 bridgehead atoms. The lowest BCUT2D eigenvalue weighted by atomic mass is 10.0. The number of anilines is 1. The van der Waals surface area contributed by atoms with E-state index in [1.54, 1.807) is 25.6 Å². The maximum Gasteiger partial charge on any atom is 0.271 e. The highest BCUT2D eigenvalue weighted by molar-refractivity contribution is 5.88. The molecule has 4 rings (SSSR count). The van der Waals surface area contributed by atoms with Crippen molar-refractivity contribution < 1.29 is 9.53 Å². The Morgan fingerprint density at radius 1 is 1.33 bits per heavy atom. The highest BCUT2D eigenvalue weighted by Gasteiger charge is 2.37. The number of carbonyl (C=O) groups excluding carboxylic acids is 1. The molecular formula is C25H33N5O3. The summed E-state index contributed by atoms with van der Waals surface area (Å²) in [5.74, 6) is 1.16. The largest absolute Gasteiger partial charge is 0.481 e. The fraction of sp³-hybridized carbons (Fsp3) is 0.480. The minimum Gasteiger partial charge on any atom is -0.481 e. The van der Waals surface area contributed by atoms with Crippen LogP contribution in [0.15, 0.2) is 47.5 Å². The third-order valence-electron chi connectivity index (χ3n) is 6.14. The number of nitrogens with one attached hydrogen (secondary N) is 2. The van der Waals surface area contributed by atoms with Crippen LogP contribution in [0.1, 0.15) is 26.7 Å². The van der Waals surface area contributed by atoms with Gasteiger partial charge in [0.2, 0.25) is 11.8 Å². The Balaban J connectivity index is 1.48. The number of aromatic amines is 1. The van der Waals surface area contributed by atoms with Gasteiger partial charge < -0.3 is 24.8 Å². The summed E-state index contributed by atoms with van der Waals surface area (Å²) in [6.45, 7) is 6.92. The number of carbonyl (C=O) groups is 1. The van der Waals surface area contributed by atoms with Crippen LogP contribution in [0.4, 0.5) is 5.69 Å². The summed E-state index contributed by atoms with van der Waals surface area (Å²) >= 11 is 0. The summed E-state index contributed by atoms with van der Waals surface area (Å²) in [5.41, 5.74) is 2.38. The zero-order valence-electron chi connectivity index (χ0n) is 19.6. The molecule has 2 N–H and O–H groups in total. The first kappa shape index (κ1) is 23.0. The highest BCUT2D eigenvalue weighted by atomic mass is 16.5. The number of hydrogen-bond acceptors (Lipinski definition) is 6. The maximum absolute atomic E-state index is 12.8. The topological polar surface area (TPSA) is 90.6 Å². The number of likely N-dealkylation sites (tertiary alicyclic amines) is 1. The second kappa shape index (κ2) is 10.2. The van der Waals surface area contributed by atoms with E-state index in [2.05, 4.69) is 34.0 Å². The van der Waals surface area contributed by atoms with Crippen molar-refractivity contribution in [1.82, 2.24) is 20.2 Å². The van der Waals surface area contributed by atoms with Crippen molar-refractivity contribution in [2.75, 3.05) is 38.2 Å². The Bertz CT molecular complexity index is 1050. The fourth-order valence-corrected chi connectivity index (χ4v) is 3.98. The molecule has 1 aliphatic heterocycles. The van der Waals surface area contributed by atoms with Crippen LogP contribution in [-0.4, -0.2) is 66.1 Å². The molecular weight excluding hydrogens is 418 g/mol. The lowest BCUT2D eigenvalue weighted by Crippen LogP contribution is -2.62. The molecule has 3 heterocycles. The quantitative estimate of drug-likeness (QED) is 0.539. The van der Waals surface area contributed by atoms with Crippen molar-refractivity contribution in [2.24, 2.45) is 5.92 Å². The van der Waals surface area contributed by atoms with Gasteiger partial charge in [-0.2, -0.15) is 0 Å². The predicted molar refractivity (Wildman–Crippen MR) is 130 cm³/mol. The molecule has 1 amide bonds. The highest BCUT2D eigenvalue weighted by Crippen LogP contribution is 2.34. The third-order valence-corrected chi connectivity index (χ3v) is 6.14. The number of nitrogens with zero attached hydrogens (tertiary/aromatic N) is 3. The van der Waals surface area contributed by atoms with Gasteiger partial charge >= 0.3 is 0 Å². The minimum absolute atomic E-state index is 0.0229. The van der Waals surface area contributed by atoms with Crippen LogP contribution < -0.4 is 20.5 Å². The van der Waals surface area contributed by atoms with E-state index in [0.717, 1.165) is 17.7 Å². The van der Waals surface area contributed by atoms with Gasteiger partial charge in [0.05, 0.1) is 13.2 Å². The van der Waals surface area contributed by atoms with Gasteiger partial charge in [0.15, 0.2) is 0 Å². The first-order valence-corrected chi connectivity index (χ1v) is 11.6. The first-order valence-electron chi connectivity index (χ1n) is 11.6. The van der Waals surface area contributed by atoms with Crippen LogP contribution in [0.25, 0.3) is 11.1 Å². The summed E-state index contributed by atoms with van der Waals surface area (Å²) < 4.78 is 5.24. The maximum atomic E-state index is 12.8. The second-order valence-electron chi connectivity index (χ2n) is 9.15. The van der Waals surface area contributed by atoms with Crippen LogP contribution in [0.5, 0.6) is 5.88 Å². The number of pyridine rings is 2. The number of hydrogen-bond donors (Lipinski definition) is 2. The Labute approximate surface area is 194 Å². The molecule has 0 spiro atoms. The Morgan fingerprint density at radius 2 is 2.12 bits per heavy atom. The minimum atomic E-state index is -0.107. The average molecular weight is 452 g/mol. The van der Waals surface area contributed by atoms with Crippen molar-refractivity contribution >= 4 is 11.6 Å². The van der Waals surface area contributed by atoms with E-state index in [4.69, 9.17) is 4.74 Å². The third kappa shape index (κ3) is 5.82. The first-order chi connectivity index (χ1) is 15.9. The predicted octanol–water partition coefficient (Wildman–Crippen LogP) is 2.43. The van der Waals surface area contributed by atoms with E-state index in [1.165, 1.54) is 12.8 Å². The van der Waals surface area contributed by atoms with Crippen LogP contribution >= 0.6 is 0 Å². The SMILES string of the molecule is COc1cc(-c2c[nH]c(=O)c(N(CC3CC3)C3CN(C(=O)C=CCNC(C)C)C3)c2)ccn1. The Hall–Kier alpha value is -3.13. The van der Waals surface area contributed by atoms with Gasteiger partial charge in [-0.3, -0.25) is 9.59 Å². The second-order valence-corrected chi connectivity index (χ2v) is 9.15. The van der Waals surface area contributed by atoms with Crippen molar-refractivity contribution in [3.8, 4) is 17.0 Å². The zero-order valence-corrected chi connectivity index (χ0v) is 19.6. The molecule has 8 nitrogen and oxygen atoms in total. The molecule has 0 aromatic carbocycles. The van der Waals surface area contributed by atoms with Crippen LogP contribution in [0, 0.1) is 5.92 Å². The molecule has 0 atom stereocenters. The summed E-state index contributed by atoms with van der Waals surface area (Å²) in [4.78, 5) is 36.4. The molecule has 0 unspecified atom stereocenters. The number of ether oxygens (including phenoxy) is 1. The lowest BCUT2D eigenvalue weighted by Gasteiger charge is -2.46. The molecule has 2 aromatic heterocycles. The Kier molecular flexibility index (Phi) is 7.13. The van der Waals surface area contributed by atoms with Crippen molar-refractivity contribution in [3.63, 3.8) is 0 Å². The van der Waals surface area contributed by atoms with Gasteiger partial charge in [0, 0.05) is 62.3 Å². The summed E-state index contributed by atoms with van der Waals surface area (Å²) in [5, 5.41) is 3.27. The van der Waals surface area contributed by atoms with E-state index < -0.39 is 0 Å². The molecule has 1 aliphatic carbocycles. The summed E-state index contributed by atoms with van der Waals surface area (Å²) in [6.07, 6.45) is 9.31. The number of amides is 1. The van der Waals surface area contributed by atoms with Gasteiger partial charge in [-0.15, -0.1) is 0 Å². The molecule has 8 heteroatoms. The van der Waals surface area contributed by atoms with Gasteiger partial charge in [0.25, 0.3) is 5.56 Å². The van der Waals surface area contributed by atoms with Gasteiger partial charge in [0.1, 0.15) is 5.69 Å². The number of rotatable bonds is 10. The molecule has 0 radical (unpaired) electrons. The smallest absolute Gasteiger partial charge is 0.271 e. The van der Waals surface area contributed by atoms with E-state index in [0.29, 0.717) is 43.2 Å². The van der Waals surface area contributed by atoms with E-state index in [1.807, 2.05) is 29.2 Å². The van der Waals surface area contributed by atoms with E-state index in [9.17, 15) is 9.59 Å². The lowest BCUT2D eigenvalue weighted by molar-refractivity contribution is -0.130. The number of aromatic nitrogens is 2. The van der Waals surface area contributed by atoms with Crippen LogP contribution in [0.2, 0.25) is 0 Å². The van der Waals surface area contributed by atoms with Gasteiger partial charge in [-0.1, -0.05) is 19.9 Å². The molecule has 1 saturated heterocycles. The van der Waals surface area contributed by atoms with Crippen molar-refractivity contribution in [3.05, 3.63) is 53.1 Å². The monoisotopic (exact) mass is 451 g/mol. The zero-order chi connectivity index (χ0) is 23.4. The van der Waals surface area contributed by atoms with Crippen molar-refractivity contribution in [2.45, 2.75) is 38.8 Å². The summed E-state index contributed by atoms with van der Waals surface area (Å²) in [7, 11) is 1.58. The number of H-pyrrole nitrogens is 1. The Morgan fingerprint density at radius 3 is 2.82 bits per heavy atom. The molecule has 1 saturated carbocycles. The van der Waals surface area contributed by atoms with Gasteiger partial charge in [-0.25, -0.2) is 4.98 Å². The van der Waals surface area contributed by atoms with E-state index in [-0.39, 0.29) is 17.5 Å².